The molecule has 168 valence electrons. The van der Waals surface area contributed by atoms with Crippen molar-refractivity contribution in [3.05, 3.63) is 94.2 Å². The van der Waals surface area contributed by atoms with E-state index in [0.29, 0.717) is 17.0 Å². The summed E-state index contributed by atoms with van der Waals surface area (Å²) in [6, 6.07) is 19.4. The van der Waals surface area contributed by atoms with Crippen molar-refractivity contribution in [3.8, 4) is 5.75 Å². The summed E-state index contributed by atoms with van der Waals surface area (Å²) < 4.78 is 45.0. The van der Waals surface area contributed by atoms with Gasteiger partial charge in [0.15, 0.2) is 0 Å². The van der Waals surface area contributed by atoms with Gasteiger partial charge < -0.3 is 10.1 Å². The van der Waals surface area contributed by atoms with E-state index >= 15 is 0 Å². The van der Waals surface area contributed by atoms with Crippen molar-refractivity contribution in [2.24, 2.45) is 0 Å². The van der Waals surface area contributed by atoms with Crippen LogP contribution in [-0.4, -0.2) is 33.7 Å². The highest BCUT2D eigenvalue weighted by molar-refractivity contribution is 9.10. The lowest BCUT2D eigenvalue weighted by Crippen LogP contribution is -2.29. The number of nitrogens with zero attached hydrogens (tertiary/aromatic N) is 1. The third kappa shape index (κ3) is 6.80. The summed E-state index contributed by atoms with van der Waals surface area (Å²) in [5, 5.41) is 2.75. The summed E-state index contributed by atoms with van der Waals surface area (Å²) in [5.74, 6) is -0.0936. The highest BCUT2D eigenvalue weighted by Crippen LogP contribution is 2.23. The monoisotopic (exact) mass is 520 g/mol. The van der Waals surface area contributed by atoms with Crippen LogP contribution >= 0.6 is 15.9 Å². The third-order valence-electron chi connectivity index (χ3n) is 4.53. The first kappa shape index (κ1) is 23.7. The molecule has 0 aliphatic heterocycles. The van der Waals surface area contributed by atoms with Crippen molar-refractivity contribution in [1.29, 1.82) is 0 Å². The molecule has 0 heterocycles. The number of hydrogen-bond donors (Lipinski definition) is 1. The lowest BCUT2D eigenvalue weighted by molar-refractivity contribution is 0.0947. The second-order valence-corrected chi connectivity index (χ2v) is 9.82. The van der Waals surface area contributed by atoms with E-state index in [0.717, 1.165) is 16.3 Å². The fourth-order valence-corrected chi connectivity index (χ4v) is 4.05. The summed E-state index contributed by atoms with van der Waals surface area (Å²) in [6.45, 7) is 0.670. The maximum atomic E-state index is 12.9. The Morgan fingerprint density at radius 2 is 1.62 bits per heavy atom. The smallest absolute Gasteiger partial charge is 0.251 e. The van der Waals surface area contributed by atoms with Crippen LogP contribution in [0.1, 0.15) is 15.9 Å². The van der Waals surface area contributed by atoms with Crippen LogP contribution in [0.15, 0.2) is 77.3 Å². The van der Waals surface area contributed by atoms with Gasteiger partial charge in [-0.1, -0.05) is 28.1 Å². The van der Waals surface area contributed by atoms with E-state index < -0.39 is 10.0 Å². The number of sulfonamides is 1. The predicted molar refractivity (Wildman–Crippen MR) is 126 cm³/mol. The zero-order valence-corrected chi connectivity index (χ0v) is 19.7. The van der Waals surface area contributed by atoms with E-state index in [-0.39, 0.29) is 31.4 Å². The first-order valence-corrected chi connectivity index (χ1v) is 12.4. The average Bonchev–Trinajstić information content (AvgIpc) is 2.76. The topological polar surface area (TPSA) is 75.7 Å². The van der Waals surface area contributed by atoms with E-state index in [4.69, 9.17) is 4.74 Å². The maximum Gasteiger partial charge on any atom is 0.251 e. The molecular weight excluding hydrogens is 499 g/mol. The molecule has 0 aromatic heterocycles. The van der Waals surface area contributed by atoms with Gasteiger partial charge in [0.05, 0.1) is 25.0 Å². The van der Waals surface area contributed by atoms with E-state index in [2.05, 4.69) is 21.2 Å². The van der Waals surface area contributed by atoms with Gasteiger partial charge in [-0.2, -0.15) is 0 Å². The largest absolute Gasteiger partial charge is 0.492 e. The first-order valence-electron chi connectivity index (χ1n) is 9.71. The van der Waals surface area contributed by atoms with Crippen molar-refractivity contribution >= 4 is 37.5 Å². The molecule has 0 fully saturated rings. The SMILES string of the molecule is CS(=O)(=O)N(Cc1ccc(C(=O)NCCOc2ccc(F)cc2)cc1)c1ccc(Br)cc1. The first-order chi connectivity index (χ1) is 15.2. The van der Waals surface area contributed by atoms with Gasteiger partial charge in [0, 0.05) is 10.0 Å². The lowest BCUT2D eigenvalue weighted by Gasteiger charge is -2.22. The Labute approximate surface area is 195 Å². The van der Waals surface area contributed by atoms with Crippen molar-refractivity contribution in [1.82, 2.24) is 5.32 Å². The van der Waals surface area contributed by atoms with Crippen LogP contribution in [0.4, 0.5) is 10.1 Å². The van der Waals surface area contributed by atoms with Crippen molar-refractivity contribution in [2.45, 2.75) is 6.54 Å². The molecule has 0 aliphatic rings. The average molecular weight is 521 g/mol. The van der Waals surface area contributed by atoms with Crippen LogP contribution in [0.2, 0.25) is 0 Å². The van der Waals surface area contributed by atoms with E-state index in [1.807, 2.05) is 0 Å². The molecule has 6 nitrogen and oxygen atoms in total. The lowest BCUT2D eigenvalue weighted by atomic mass is 10.1. The molecule has 1 amide bonds. The third-order valence-corrected chi connectivity index (χ3v) is 6.20. The maximum absolute atomic E-state index is 12.9. The van der Waals surface area contributed by atoms with Crippen molar-refractivity contribution < 1.29 is 22.3 Å². The molecule has 0 spiro atoms. The molecule has 0 unspecified atom stereocenters. The highest BCUT2D eigenvalue weighted by atomic mass is 79.9. The van der Waals surface area contributed by atoms with Crippen LogP contribution in [0, 0.1) is 5.82 Å². The minimum Gasteiger partial charge on any atom is -0.492 e. The van der Waals surface area contributed by atoms with Gasteiger partial charge in [-0.05, 0) is 66.2 Å². The summed E-state index contributed by atoms with van der Waals surface area (Å²) >= 11 is 3.34. The Morgan fingerprint density at radius 3 is 2.22 bits per heavy atom. The Kier molecular flexibility index (Phi) is 7.87. The molecule has 0 radical (unpaired) electrons. The van der Waals surface area contributed by atoms with Crippen LogP contribution < -0.4 is 14.4 Å². The van der Waals surface area contributed by atoms with Crippen molar-refractivity contribution in [2.75, 3.05) is 23.7 Å². The zero-order valence-electron chi connectivity index (χ0n) is 17.3. The van der Waals surface area contributed by atoms with Gasteiger partial charge in [0.1, 0.15) is 18.2 Å². The fourth-order valence-electron chi connectivity index (χ4n) is 2.90. The Balaban J connectivity index is 1.56. The number of carbonyl (C=O) groups excluding carboxylic acids is 1. The van der Waals surface area contributed by atoms with Gasteiger partial charge >= 0.3 is 0 Å². The molecule has 0 atom stereocenters. The number of ether oxygens (including phenoxy) is 1. The standard InChI is InChI=1S/C23H22BrFN2O4S/c1-32(29,30)27(21-10-6-19(24)7-11-21)16-17-2-4-18(5-3-17)23(28)26-14-15-31-22-12-8-20(25)9-13-22/h2-13H,14-16H2,1H3,(H,26,28). The number of hydrogen-bond acceptors (Lipinski definition) is 4. The van der Waals surface area contributed by atoms with Gasteiger partial charge in [0.2, 0.25) is 10.0 Å². The van der Waals surface area contributed by atoms with Gasteiger partial charge in [-0.15, -0.1) is 0 Å². The normalized spacial score (nSPS) is 11.1. The minimum atomic E-state index is -3.49. The molecule has 9 heteroatoms. The molecular formula is C23H22BrFN2O4S. The number of carbonyl (C=O) groups is 1. The van der Waals surface area contributed by atoms with Crippen molar-refractivity contribution in [3.63, 3.8) is 0 Å². The molecule has 3 aromatic rings. The minimum absolute atomic E-state index is 0.147. The summed E-state index contributed by atoms with van der Waals surface area (Å²) in [4.78, 5) is 12.3. The number of benzene rings is 3. The molecule has 3 rings (SSSR count). The number of nitrogens with one attached hydrogen (secondary N) is 1. The van der Waals surface area contributed by atoms with Crippen LogP contribution in [0.3, 0.4) is 0 Å². The molecule has 32 heavy (non-hydrogen) atoms. The van der Waals surface area contributed by atoms with E-state index in [1.165, 1.54) is 28.6 Å². The molecule has 3 aromatic carbocycles. The molecule has 0 saturated carbocycles. The fraction of sp³-hybridized carbons (Fsp3) is 0.174. The number of amides is 1. The quantitative estimate of drug-likeness (QED) is 0.425. The Bertz CT molecular complexity index is 1150. The molecule has 1 N–H and O–H groups in total. The number of rotatable bonds is 9. The van der Waals surface area contributed by atoms with Crippen LogP contribution in [-0.2, 0) is 16.6 Å². The van der Waals surface area contributed by atoms with Gasteiger partial charge in [-0.3, -0.25) is 9.10 Å². The van der Waals surface area contributed by atoms with Gasteiger partial charge in [-0.25, -0.2) is 12.8 Å². The number of anilines is 1. The summed E-state index contributed by atoms with van der Waals surface area (Å²) in [5.41, 5.74) is 1.75. The zero-order chi connectivity index (χ0) is 23.1. The highest BCUT2D eigenvalue weighted by Gasteiger charge is 2.18. The predicted octanol–water partition coefficient (Wildman–Crippen LogP) is 4.36. The second kappa shape index (κ2) is 10.6. The van der Waals surface area contributed by atoms with Crippen LogP contribution in [0.25, 0.3) is 0 Å². The van der Waals surface area contributed by atoms with E-state index in [1.54, 1.807) is 48.5 Å². The summed E-state index contributed by atoms with van der Waals surface area (Å²) in [6.07, 6.45) is 1.16. The number of halogens is 2. The molecule has 0 bridgehead atoms. The molecule has 0 saturated heterocycles. The Morgan fingerprint density at radius 1 is 1.00 bits per heavy atom. The van der Waals surface area contributed by atoms with Crippen LogP contribution in [0.5, 0.6) is 5.75 Å². The molecule has 0 aliphatic carbocycles. The van der Waals surface area contributed by atoms with E-state index in [9.17, 15) is 17.6 Å². The Hall–Kier alpha value is -2.91. The second-order valence-electron chi connectivity index (χ2n) is 7.00. The summed E-state index contributed by atoms with van der Waals surface area (Å²) in [7, 11) is -3.49. The van der Waals surface area contributed by atoms with Gasteiger partial charge in [0.25, 0.3) is 5.91 Å².